The van der Waals surface area contributed by atoms with E-state index in [2.05, 4.69) is 15.0 Å². The molecule has 0 saturated carbocycles. The second-order valence-corrected chi connectivity index (χ2v) is 9.93. The molecule has 4 heterocycles. The Kier molecular flexibility index (Phi) is 5.51. The number of likely N-dealkylation sites (tertiary alicyclic amines) is 1. The van der Waals surface area contributed by atoms with Gasteiger partial charge in [0.05, 0.1) is 5.39 Å². The zero-order valence-electron chi connectivity index (χ0n) is 17.9. The van der Waals surface area contributed by atoms with Crippen molar-refractivity contribution in [3.63, 3.8) is 0 Å². The van der Waals surface area contributed by atoms with Crippen LogP contribution in [0.4, 0.5) is 0 Å². The average molecular weight is 471 g/mol. The van der Waals surface area contributed by atoms with Gasteiger partial charge in [0, 0.05) is 41.7 Å². The van der Waals surface area contributed by atoms with Gasteiger partial charge in [0.15, 0.2) is 11.5 Å². The summed E-state index contributed by atoms with van der Waals surface area (Å²) in [6.45, 7) is 5.25. The van der Waals surface area contributed by atoms with Crippen LogP contribution in [0.5, 0.6) is 0 Å². The van der Waals surface area contributed by atoms with E-state index in [4.69, 9.17) is 16.0 Å². The monoisotopic (exact) mass is 470 g/mol. The average Bonchev–Trinajstić information content (AvgIpc) is 3.32. The molecule has 1 N–H and O–H groups in total. The third-order valence-electron chi connectivity index (χ3n) is 6.23. The summed E-state index contributed by atoms with van der Waals surface area (Å²) in [7, 11) is 0. The Morgan fingerprint density at radius 1 is 1.28 bits per heavy atom. The Balaban J connectivity index is 1.20. The summed E-state index contributed by atoms with van der Waals surface area (Å²) >= 11 is 7.56. The van der Waals surface area contributed by atoms with Gasteiger partial charge in [-0.15, -0.1) is 11.3 Å². The summed E-state index contributed by atoms with van der Waals surface area (Å²) in [5, 5.41) is 1.29. The van der Waals surface area contributed by atoms with Crippen molar-refractivity contribution in [1.29, 1.82) is 0 Å². The molecule has 0 aliphatic carbocycles. The molecule has 0 spiro atoms. The van der Waals surface area contributed by atoms with E-state index in [1.807, 2.05) is 24.8 Å². The number of H-pyrrole nitrogens is 1. The van der Waals surface area contributed by atoms with Crippen molar-refractivity contribution in [3.05, 3.63) is 55.7 Å². The standard InChI is InChI=1S/C23H23ClN4O3S/c1-12-13(2)32-23-20(12)21(30)26-18(27-23)5-6-19(29)28-9-7-14(8-10-28)22-25-16-11-15(24)3-4-17(16)31-22/h3-4,11,14H,5-10H2,1-2H3,(H,26,27,30). The topological polar surface area (TPSA) is 92.1 Å². The zero-order chi connectivity index (χ0) is 22.4. The number of aryl methyl sites for hydroxylation is 3. The molecule has 5 rings (SSSR count). The third-order valence-corrected chi connectivity index (χ3v) is 7.56. The number of nitrogens with one attached hydrogen (secondary N) is 1. The molecule has 0 atom stereocenters. The highest BCUT2D eigenvalue weighted by molar-refractivity contribution is 7.18. The number of oxazole rings is 1. The largest absolute Gasteiger partial charge is 0.440 e. The number of aromatic amines is 1. The highest BCUT2D eigenvalue weighted by atomic mass is 35.5. The van der Waals surface area contributed by atoms with Gasteiger partial charge in [-0.1, -0.05) is 11.6 Å². The summed E-state index contributed by atoms with van der Waals surface area (Å²) in [6, 6.07) is 5.43. The number of nitrogens with zero attached hydrogens (tertiary/aromatic N) is 3. The highest BCUT2D eigenvalue weighted by Gasteiger charge is 2.27. The number of hydrogen-bond acceptors (Lipinski definition) is 6. The van der Waals surface area contributed by atoms with Gasteiger partial charge in [0.1, 0.15) is 16.2 Å². The van der Waals surface area contributed by atoms with Gasteiger partial charge in [0.25, 0.3) is 5.56 Å². The molecule has 0 bridgehead atoms. The number of hydrogen-bond donors (Lipinski definition) is 1. The number of amides is 1. The first-order valence-corrected chi connectivity index (χ1v) is 11.9. The van der Waals surface area contributed by atoms with Gasteiger partial charge in [-0.3, -0.25) is 9.59 Å². The number of piperidine rings is 1. The highest BCUT2D eigenvalue weighted by Crippen LogP contribution is 2.31. The lowest BCUT2D eigenvalue weighted by atomic mass is 9.96. The first kappa shape index (κ1) is 21.2. The zero-order valence-corrected chi connectivity index (χ0v) is 19.5. The molecule has 1 saturated heterocycles. The lowest BCUT2D eigenvalue weighted by molar-refractivity contribution is -0.132. The summed E-state index contributed by atoms with van der Waals surface area (Å²) in [5.41, 5.74) is 2.35. The van der Waals surface area contributed by atoms with Crippen LogP contribution in [0.1, 0.15) is 47.3 Å². The van der Waals surface area contributed by atoms with E-state index in [9.17, 15) is 9.59 Å². The van der Waals surface area contributed by atoms with Gasteiger partial charge in [-0.2, -0.15) is 0 Å². The fourth-order valence-electron chi connectivity index (χ4n) is 4.27. The van der Waals surface area contributed by atoms with Gasteiger partial charge in [0.2, 0.25) is 5.91 Å². The number of rotatable bonds is 4. The minimum Gasteiger partial charge on any atom is -0.440 e. The fraction of sp³-hybridized carbons (Fsp3) is 0.391. The second-order valence-electron chi connectivity index (χ2n) is 8.30. The van der Waals surface area contributed by atoms with E-state index < -0.39 is 0 Å². The van der Waals surface area contributed by atoms with E-state index in [1.54, 1.807) is 12.1 Å². The van der Waals surface area contributed by atoms with Gasteiger partial charge in [-0.05, 0) is 50.5 Å². The molecule has 166 valence electrons. The Hall–Kier alpha value is -2.71. The molecular formula is C23H23ClN4O3S. The summed E-state index contributed by atoms with van der Waals surface area (Å²) < 4.78 is 5.91. The number of thiophene rings is 1. The summed E-state index contributed by atoms with van der Waals surface area (Å²) in [4.78, 5) is 40.9. The van der Waals surface area contributed by atoms with Crippen LogP contribution in [0.3, 0.4) is 0 Å². The van der Waals surface area contributed by atoms with Crippen molar-refractivity contribution in [2.24, 2.45) is 0 Å². The maximum atomic E-state index is 12.8. The molecule has 0 unspecified atom stereocenters. The van der Waals surface area contributed by atoms with Crippen LogP contribution in [0.25, 0.3) is 21.3 Å². The molecule has 9 heteroatoms. The predicted octanol–water partition coefficient (Wildman–Crippen LogP) is 4.73. The van der Waals surface area contributed by atoms with E-state index >= 15 is 0 Å². The Morgan fingerprint density at radius 3 is 2.84 bits per heavy atom. The number of fused-ring (bicyclic) bond motifs is 2. The number of halogens is 1. The third kappa shape index (κ3) is 3.93. The smallest absolute Gasteiger partial charge is 0.259 e. The van der Waals surface area contributed by atoms with Crippen LogP contribution in [0, 0.1) is 13.8 Å². The first-order chi connectivity index (χ1) is 15.4. The van der Waals surface area contributed by atoms with Crippen LogP contribution in [-0.2, 0) is 11.2 Å². The second kappa shape index (κ2) is 8.33. The van der Waals surface area contributed by atoms with Gasteiger partial charge < -0.3 is 14.3 Å². The van der Waals surface area contributed by atoms with Crippen LogP contribution in [-0.4, -0.2) is 38.8 Å². The fourth-order valence-corrected chi connectivity index (χ4v) is 5.49. The minimum atomic E-state index is -0.125. The summed E-state index contributed by atoms with van der Waals surface area (Å²) in [5.74, 6) is 1.55. The molecule has 1 aliphatic heterocycles. The van der Waals surface area contributed by atoms with Crippen molar-refractivity contribution in [3.8, 4) is 0 Å². The molecule has 4 aromatic rings. The van der Waals surface area contributed by atoms with Crippen molar-refractivity contribution < 1.29 is 9.21 Å². The number of benzene rings is 1. The minimum absolute atomic E-state index is 0.0779. The van der Waals surface area contributed by atoms with Crippen LogP contribution >= 0.6 is 22.9 Å². The van der Waals surface area contributed by atoms with Crippen molar-refractivity contribution in [2.45, 2.75) is 45.4 Å². The molecule has 1 amide bonds. The molecule has 1 fully saturated rings. The first-order valence-electron chi connectivity index (χ1n) is 10.7. The quantitative estimate of drug-likeness (QED) is 0.465. The van der Waals surface area contributed by atoms with E-state index in [0.29, 0.717) is 48.1 Å². The van der Waals surface area contributed by atoms with Gasteiger partial charge in [-0.25, -0.2) is 9.97 Å². The molecular weight excluding hydrogens is 448 g/mol. The maximum Gasteiger partial charge on any atom is 0.259 e. The maximum absolute atomic E-state index is 12.8. The Bertz CT molecular complexity index is 1380. The van der Waals surface area contributed by atoms with Crippen LogP contribution in [0.2, 0.25) is 5.02 Å². The number of carbonyl (C=O) groups excluding carboxylic acids is 1. The molecule has 1 aromatic carbocycles. The lowest BCUT2D eigenvalue weighted by Crippen LogP contribution is -2.38. The number of carbonyl (C=O) groups is 1. The van der Waals surface area contributed by atoms with E-state index in [-0.39, 0.29) is 17.4 Å². The Morgan fingerprint density at radius 2 is 2.06 bits per heavy atom. The predicted molar refractivity (Wildman–Crippen MR) is 126 cm³/mol. The van der Waals surface area contributed by atoms with E-state index in [0.717, 1.165) is 39.2 Å². The summed E-state index contributed by atoms with van der Waals surface area (Å²) in [6.07, 6.45) is 2.36. The van der Waals surface area contributed by atoms with E-state index in [1.165, 1.54) is 11.3 Å². The molecule has 3 aromatic heterocycles. The van der Waals surface area contributed by atoms with Crippen LogP contribution in [0.15, 0.2) is 27.4 Å². The SMILES string of the molecule is Cc1sc2nc(CCC(=O)N3CCC(c4nc5cc(Cl)ccc5o4)CC3)[nH]c(=O)c2c1C. The molecule has 0 radical (unpaired) electrons. The lowest BCUT2D eigenvalue weighted by Gasteiger charge is -2.30. The molecule has 32 heavy (non-hydrogen) atoms. The Labute approximate surface area is 193 Å². The molecule has 1 aliphatic rings. The van der Waals surface area contributed by atoms with Crippen molar-refractivity contribution in [1.82, 2.24) is 19.9 Å². The normalized spacial score (nSPS) is 15.2. The van der Waals surface area contributed by atoms with Crippen molar-refractivity contribution in [2.75, 3.05) is 13.1 Å². The van der Waals surface area contributed by atoms with Gasteiger partial charge >= 0.3 is 0 Å². The van der Waals surface area contributed by atoms with Crippen LogP contribution < -0.4 is 5.56 Å². The number of aromatic nitrogens is 3. The molecule has 7 nitrogen and oxygen atoms in total. The van der Waals surface area contributed by atoms with Crippen molar-refractivity contribution >= 4 is 50.2 Å².